The van der Waals surface area contributed by atoms with E-state index in [1.54, 1.807) is 24.4 Å². The molecule has 16 heteroatoms. The van der Waals surface area contributed by atoms with Crippen molar-refractivity contribution in [1.29, 1.82) is 0 Å². The van der Waals surface area contributed by atoms with Crippen molar-refractivity contribution in [3.63, 3.8) is 0 Å². The molecular weight excluding hydrogens is 874 g/mol. The lowest BCUT2D eigenvalue weighted by atomic mass is 9.73. The van der Waals surface area contributed by atoms with Crippen LogP contribution in [0, 0.1) is 29.5 Å². The average Bonchev–Trinajstić information content (AvgIpc) is 3.60. The summed E-state index contributed by atoms with van der Waals surface area (Å²) in [7, 11) is 0. The second-order valence-corrected chi connectivity index (χ2v) is 18.3. The minimum Gasteiger partial charge on any atom is -0.490 e. The van der Waals surface area contributed by atoms with Gasteiger partial charge in [0.05, 0.1) is 42.7 Å². The van der Waals surface area contributed by atoms with E-state index in [0.29, 0.717) is 25.7 Å². The number of nitrogens with zero attached hydrogens (tertiary/aromatic N) is 2. The Labute approximate surface area is 395 Å². The van der Waals surface area contributed by atoms with Gasteiger partial charge < -0.3 is 34.5 Å². The van der Waals surface area contributed by atoms with Gasteiger partial charge >= 0.3 is 0 Å². The zero-order valence-corrected chi connectivity index (χ0v) is 38.5. The Kier molecular flexibility index (Phi) is 16.2. The minimum atomic E-state index is -1.22. The SMILES string of the molecule is C[C@@H](C(=O)Nc1ccc(OC2CCN(CCCOCCOCCNC(=O)COc3cccc4c3C(=O)C(C3CCC(=O)NC3=O)C4=O)CC2)cc1)C1CCC(c2ccnc3ccc(F)cc23)CC1. The normalized spacial score (nSPS) is 21.6. The van der Waals surface area contributed by atoms with Gasteiger partial charge in [-0.15, -0.1) is 0 Å². The molecule has 3 N–H and O–H groups in total. The summed E-state index contributed by atoms with van der Waals surface area (Å²) >= 11 is 0. The molecule has 15 nitrogen and oxygen atoms in total. The lowest BCUT2D eigenvalue weighted by Crippen LogP contribution is -2.46. The number of benzene rings is 3. The van der Waals surface area contributed by atoms with E-state index in [0.717, 1.165) is 92.5 Å². The summed E-state index contributed by atoms with van der Waals surface area (Å²) in [6.07, 6.45) is 8.63. The zero-order chi connectivity index (χ0) is 47.6. The fourth-order valence-electron chi connectivity index (χ4n) is 10.1. The highest BCUT2D eigenvalue weighted by Gasteiger charge is 2.48. The van der Waals surface area contributed by atoms with Gasteiger partial charge in [-0.25, -0.2) is 4.39 Å². The monoisotopic (exact) mass is 933 g/mol. The molecule has 1 saturated carbocycles. The summed E-state index contributed by atoms with van der Waals surface area (Å²) in [6, 6.07) is 19.0. The number of nitrogens with one attached hydrogen (secondary N) is 3. The van der Waals surface area contributed by atoms with Crippen molar-refractivity contribution in [2.45, 2.75) is 76.7 Å². The lowest BCUT2D eigenvalue weighted by molar-refractivity contribution is -0.137. The smallest absolute Gasteiger partial charge is 0.258 e. The fraction of sp³-hybridized carbons (Fsp3) is 0.481. The van der Waals surface area contributed by atoms with Crippen LogP contribution in [0.25, 0.3) is 10.9 Å². The molecule has 1 aromatic heterocycles. The van der Waals surface area contributed by atoms with Crippen LogP contribution >= 0.6 is 0 Å². The minimum absolute atomic E-state index is 0.0225. The standard InChI is InChI=1S/C52H60FN5O10/c1-32(33-6-8-34(9-7-33)39-18-21-54-43-16-10-35(53)30-42(39)43)51(63)56-36-11-13-37(14-12-36)68-38-19-24-58(25-20-38)23-3-26-65-28-29-66-27-22-55-46(60)31-67-44-5-2-4-40-47(44)50(62)48(49(40)61)41-15-17-45(59)57-52(41)64/h2,4-5,10-14,16,18,21,30,32-34,38,41,48H,3,6-9,15,17,19-20,22-29,31H2,1H3,(H,55,60)(H,56,63)(H,57,59,64)/t32-,33?,34?,41?,48?/m1/s1. The summed E-state index contributed by atoms with van der Waals surface area (Å²) in [4.78, 5) is 82.9. The summed E-state index contributed by atoms with van der Waals surface area (Å²) in [6.45, 7) is 6.36. The largest absolute Gasteiger partial charge is 0.490 e. The molecule has 360 valence electrons. The van der Waals surface area contributed by atoms with Gasteiger partial charge in [-0.05, 0) is 123 Å². The number of imide groups is 1. The van der Waals surface area contributed by atoms with E-state index < -0.39 is 41.1 Å². The number of amides is 4. The van der Waals surface area contributed by atoms with Gasteiger partial charge in [0.1, 0.15) is 23.4 Å². The molecule has 0 spiro atoms. The fourth-order valence-corrected chi connectivity index (χ4v) is 10.1. The van der Waals surface area contributed by atoms with Crippen molar-refractivity contribution in [1.82, 2.24) is 20.5 Å². The molecule has 3 atom stereocenters. The van der Waals surface area contributed by atoms with Crippen LogP contribution in [0.1, 0.15) is 96.9 Å². The van der Waals surface area contributed by atoms with Crippen LogP contribution in [0.5, 0.6) is 11.5 Å². The number of carbonyl (C=O) groups is 6. The van der Waals surface area contributed by atoms with E-state index in [9.17, 15) is 33.2 Å². The van der Waals surface area contributed by atoms with E-state index in [1.165, 1.54) is 18.2 Å². The van der Waals surface area contributed by atoms with Crippen molar-refractivity contribution >= 4 is 51.8 Å². The number of ether oxygens (including phenoxy) is 4. The van der Waals surface area contributed by atoms with E-state index in [4.69, 9.17) is 18.9 Å². The topological polar surface area (TPSA) is 192 Å². The summed E-state index contributed by atoms with van der Waals surface area (Å²) < 4.78 is 37.3. The number of piperidine rings is 2. The van der Waals surface area contributed by atoms with E-state index in [-0.39, 0.29) is 79.1 Å². The Bertz CT molecular complexity index is 2470. The van der Waals surface area contributed by atoms with Gasteiger partial charge in [0, 0.05) is 68.0 Å². The Morgan fingerprint density at radius 1 is 0.868 bits per heavy atom. The van der Waals surface area contributed by atoms with Crippen LogP contribution in [0.4, 0.5) is 10.1 Å². The third kappa shape index (κ3) is 11.9. The number of ketones is 2. The number of halogens is 1. The predicted octanol–water partition coefficient (Wildman–Crippen LogP) is 6.43. The molecule has 2 aliphatic carbocycles. The summed E-state index contributed by atoms with van der Waals surface area (Å²) in [5.41, 5.74) is 2.91. The van der Waals surface area contributed by atoms with Gasteiger partial charge in [0.2, 0.25) is 17.7 Å². The number of hydrogen-bond acceptors (Lipinski definition) is 12. The van der Waals surface area contributed by atoms with Gasteiger partial charge in [-0.2, -0.15) is 0 Å². The second-order valence-electron chi connectivity index (χ2n) is 18.3. The number of aromatic nitrogens is 1. The number of carbonyl (C=O) groups excluding carboxylic acids is 6. The quantitative estimate of drug-likeness (QED) is 0.0501. The first kappa shape index (κ1) is 48.4. The van der Waals surface area contributed by atoms with Crippen molar-refractivity contribution < 1.29 is 52.1 Å². The number of anilines is 1. The number of fused-ring (bicyclic) bond motifs is 2. The van der Waals surface area contributed by atoms with Crippen molar-refractivity contribution in [2.24, 2.45) is 23.7 Å². The first-order chi connectivity index (χ1) is 33.0. The van der Waals surface area contributed by atoms with Gasteiger partial charge in [0.15, 0.2) is 18.2 Å². The molecule has 4 aliphatic rings. The molecular formula is C52H60FN5O10. The van der Waals surface area contributed by atoms with Crippen molar-refractivity contribution in [3.8, 4) is 11.5 Å². The van der Waals surface area contributed by atoms with Gasteiger partial charge in [-0.1, -0.05) is 19.1 Å². The molecule has 2 saturated heterocycles. The van der Waals surface area contributed by atoms with Gasteiger partial charge in [0.25, 0.3) is 5.91 Å². The highest BCUT2D eigenvalue weighted by atomic mass is 19.1. The maximum absolute atomic E-state index is 14.0. The van der Waals surface area contributed by atoms with Crippen LogP contribution < -0.4 is 25.4 Å². The van der Waals surface area contributed by atoms with Gasteiger partial charge in [-0.3, -0.25) is 39.1 Å². The van der Waals surface area contributed by atoms with E-state index >= 15 is 0 Å². The second kappa shape index (κ2) is 22.8. The number of hydrogen-bond donors (Lipinski definition) is 3. The molecule has 3 aromatic carbocycles. The van der Waals surface area contributed by atoms with Crippen LogP contribution in [0.15, 0.2) is 72.9 Å². The number of likely N-dealkylation sites (tertiary alicyclic amines) is 1. The molecule has 2 aliphatic heterocycles. The molecule has 4 amide bonds. The number of rotatable bonds is 20. The molecule has 0 bridgehead atoms. The Balaban J connectivity index is 0.637. The first-order valence-electron chi connectivity index (χ1n) is 24.0. The maximum Gasteiger partial charge on any atom is 0.258 e. The van der Waals surface area contributed by atoms with Crippen LogP contribution in [-0.2, 0) is 28.7 Å². The number of pyridine rings is 1. The maximum atomic E-state index is 14.0. The molecule has 3 fully saturated rings. The Morgan fingerprint density at radius 2 is 1.63 bits per heavy atom. The lowest BCUT2D eigenvalue weighted by Gasteiger charge is -2.32. The van der Waals surface area contributed by atoms with Crippen LogP contribution in [0.2, 0.25) is 0 Å². The Morgan fingerprint density at radius 3 is 2.40 bits per heavy atom. The van der Waals surface area contributed by atoms with Crippen molar-refractivity contribution in [3.05, 3.63) is 95.4 Å². The average molecular weight is 934 g/mol. The highest BCUT2D eigenvalue weighted by molar-refractivity contribution is 6.29. The predicted molar refractivity (Wildman–Crippen MR) is 250 cm³/mol. The zero-order valence-electron chi connectivity index (χ0n) is 38.5. The molecule has 3 heterocycles. The third-order valence-electron chi connectivity index (χ3n) is 13.9. The summed E-state index contributed by atoms with van der Waals surface area (Å²) in [5, 5.41) is 8.90. The first-order valence-corrected chi connectivity index (χ1v) is 24.0. The van der Waals surface area contributed by atoms with E-state index in [2.05, 4.69) is 25.8 Å². The van der Waals surface area contributed by atoms with Crippen molar-refractivity contribution in [2.75, 3.05) is 64.5 Å². The molecule has 2 unspecified atom stereocenters. The van der Waals surface area contributed by atoms with Crippen LogP contribution in [0.3, 0.4) is 0 Å². The number of Topliss-reactive ketones (excluding diaryl/α,β-unsaturated/α-hetero) is 2. The molecule has 0 radical (unpaired) electrons. The third-order valence-corrected chi connectivity index (χ3v) is 13.9. The summed E-state index contributed by atoms with van der Waals surface area (Å²) in [5.74, 6) is -3.53. The van der Waals surface area contributed by atoms with Crippen LogP contribution in [-0.4, -0.2) is 110 Å². The van der Waals surface area contributed by atoms with E-state index in [1.807, 2.05) is 37.3 Å². The molecule has 8 rings (SSSR count). The Hall–Kier alpha value is -6.10. The molecule has 68 heavy (non-hydrogen) atoms. The highest BCUT2D eigenvalue weighted by Crippen LogP contribution is 2.42. The molecule has 4 aromatic rings.